The van der Waals surface area contributed by atoms with Crippen molar-refractivity contribution < 1.29 is 9.53 Å². The lowest BCUT2D eigenvalue weighted by molar-refractivity contribution is -0.117. The molecular weight excluding hydrogens is 336 g/mol. The zero-order chi connectivity index (χ0) is 17.5. The highest BCUT2D eigenvalue weighted by atomic mass is 35.5. The molecule has 5 heteroatoms. The fraction of sp³-hybridized carbons (Fsp3) is 0.350. The van der Waals surface area contributed by atoms with Crippen molar-refractivity contribution in [1.29, 1.82) is 0 Å². The van der Waals surface area contributed by atoms with E-state index in [0.717, 1.165) is 17.0 Å². The van der Waals surface area contributed by atoms with Crippen LogP contribution in [0, 0.1) is 0 Å². The molecule has 0 unspecified atom stereocenters. The molecule has 0 aliphatic carbocycles. The average Bonchev–Trinajstić information content (AvgIpc) is 2.60. The number of hydrogen-bond acceptors (Lipinski definition) is 3. The Labute approximate surface area is 156 Å². The standard InChI is InChI=1S/C20H26N2O2.ClH/c1-15(2)17-7-5-16(6-8-17)14-22(20(23)13-21-3)18-9-11-19(24-4)12-10-18;/h5-12,15,21H,13-14H2,1-4H3;1H. The minimum absolute atomic E-state index is 0. The second-order valence-corrected chi connectivity index (χ2v) is 6.10. The molecule has 25 heavy (non-hydrogen) atoms. The highest BCUT2D eigenvalue weighted by Crippen LogP contribution is 2.22. The number of anilines is 1. The number of ether oxygens (including phenoxy) is 1. The van der Waals surface area contributed by atoms with Crippen molar-refractivity contribution >= 4 is 24.0 Å². The van der Waals surface area contributed by atoms with Gasteiger partial charge in [0.25, 0.3) is 0 Å². The first-order valence-corrected chi connectivity index (χ1v) is 8.23. The summed E-state index contributed by atoms with van der Waals surface area (Å²) in [5, 5.41) is 2.93. The molecule has 4 nitrogen and oxygen atoms in total. The van der Waals surface area contributed by atoms with Crippen LogP contribution in [0.1, 0.15) is 30.9 Å². The van der Waals surface area contributed by atoms with E-state index in [1.54, 1.807) is 19.1 Å². The van der Waals surface area contributed by atoms with Crippen LogP contribution < -0.4 is 15.0 Å². The SMILES string of the molecule is CNCC(=O)N(Cc1ccc(C(C)C)cc1)c1ccc(OC)cc1.Cl. The van der Waals surface area contributed by atoms with Gasteiger partial charge in [-0.2, -0.15) is 0 Å². The Morgan fingerprint density at radius 3 is 2.16 bits per heavy atom. The smallest absolute Gasteiger partial charge is 0.241 e. The topological polar surface area (TPSA) is 41.6 Å². The third kappa shape index (κ3) is 5.76. The molecule has 0 aromatic heterocycles. The first-order chi connectivity index (χ1) is 11.5. The lowest BCUT2D eigenvalue weighted by Gasteiger charge is -2.23. The predicted molar refractivity (Wildman–Crippen MR) is 106 cm³/mol. The van der Waals surface area contributed by atoms with Gasteiger partial charge in [0, 0.05) is 5.69 Å². The third-order valence-electron chi connectivity index (χ3n) is 4.00. The van der Waals surface area contributed by atoms with Gasteiger partial charge in [0.1, 0.15) is 5.75 Å². The van der Waals surface area contributed by atoms with E-state index in [1.165, 1.54) is 5.56 Å². The number of likely N-dealkylation sites (N-methyl/N-ethyl adjacent to an activating group) is 1. The van der Waals surface area contributed by atoms with E-state index >= 15 is 0 Å². The van der Waals surface area contributed by atoms with Gasteiger partial charge in [-0.1, -0.05) is 38.1 Å². The molecule has 2 aromatic carbocycles. The highest BCUT2D eigenvalue weighted by Gasteiger charge is 2.16. The maximum absolute atomic E-state index is 12.5. The molecule has 0 radical (unpaired) electrons. The molecule has 0 atom stereocenters. The number of nitrogens with zero attached hydrogens (tertiary/aromatic N) is 1. The van der Waals surface area contributed by atoms with E-state index in [9.17, 15) is 4.79 Å². The molecule has 0 fully saturated rings. The number of carbonyl (C=O) groups excluding carboxylic acids is 1. The van der Waals surface area contributed by atoms with Gasteiger partial charge in [-0.3, -0.25) is 4.79 Å². The Morgan fingerprint density at radius 2 is 1.68 bits per heavy atom. The first-order valence-electron chi connectivity index (χ1n) is 8.23. The van der Waals surface area contributed by atoms with Gasteiger partial charge >= 0.3 is 0 Å². The van der Waals surface area contributed by atoms with Gasteiger partial charge < -0.3 is 15.0 Å². The fourth-order valence-electron chi connectivity index (χ4n) is 2.52. The number of carbonyl (C=O) groups is 1. The van der Waals surface area contributed by atoms with Crippen molar-refractivity contribution in [3.05, 3.63) is 59.7 Å². The second-order valence-electron chi connectivity index (χ2n) is 6.10. The van der Waals surface area contributed by atoms with Crippen LogP contribution in [0.3, 0.4) is 0 Å². The van der Waals surface area contributed by atoms with Crippen LogP contribution >= 0.6 is 12.4 Å². The number of benzene rings is 2. The van der Waals surface area contributed by atoms with Gasteiger partial charge in [-0.05, 0) is 48.4 Å². The maximum Gasteiger partial charge on any atom is 0.241 e. The predicted octanol–water partition coefficient (Wildman–Crippen LogP) is 3.99. The maximum atomic E-state index is 12.5. The average molecular weight is 363 g/mol. The molecule has 0 spiro atoms. The Balaban J connectivity index is 0.00000312. The van der Waals surface area contributed by atoms with Gasteiger partial charge in [-0.25, -0.2) is 0 Å². The molecule has 0 heterocycles. The molecule has 0 aliphatic rings. The fourth-order valence-corrected chi connectivity index (χ4v) is 2.52. The molecule has 1 amide bonds. The Bertz CT molecular complexity index is 654. The summed E-state index contributed by atoms with van der Waals surface area (Å²) in [6.45, 7) is 5.20. The summed E-state index contributed by atoms with van der Waals surface area (Å²) in [5.41, 5.74) is 3.28. The van der Waals surface area contributed by atoms with Crippen LogP contribution in [-0.4, -0.2) is 26.6 Å². The third-order valence-corrected chi connectivity index (χ3v) is 4.00. The van der Waals surface area contributed by atoms with Crippen LogP contribution in [0.2, 0.25) is 0 Å². The molecule has 2 aromatic rings. The van der Waals surface area contributed by atoms with Crippen LogP contribution in [-0.2, 0) is 11.3 Å². The molecular formula is C20H27ClN2O2. The van der Waals surface area contributed by atoms with Crippen molar-refractivity contribution in [3.8, 4) is 5.75 Å². The number of rotatable bonds is 7. The van der Waals surface area contributed by atoms with E-state index in [1.807, 2.05) is 24.3 Å². The van der Waals surface area contributed by atoms with E-state index in [0.29, 0.717) is 19.0 Å². The molecule has 0 saturated carbocycles. The minimum Gasteiger partial charge on any atom is -0.497 e. The Hall–Kier alpha value is -2.04. The van der Waals surface area contributed by atoms with Crippen molar-refractivity contribution in [3.63, 3.8) is 0 Å². The zero-order valence-corrected chi connectivity index (χ0v) is 16.1. The van der Waals surface area contributed by atoms with Crippen LogP contribution in [0.4, 0.5) is 5.69 Å². The summed E-state index contributed by atoms with van der Waals surface area (Å²) in [6.07, 6.45) is 0. The zero-order valence-electron chi connectivity index (χ0n) is 15.3. The number of amides is 1. The lowest BCUT2D eigenvalue weighted by Crippen LogP contribution is -2.36. The molecule has 0 saturated heterocycles. The van der Waals surface area contributed by atoms with Gasteiger partial charge in [0.15, 0.2) is 0 Å². The number of halogens is 1. The van der Waals surface area contributed by atoms with Crippen LogP contribution in [0.15, 0.2) is 48.5 Å². The largest absolute Gasteiger partial charge is 0.497 e. The summed E-state index contributed by atoms with van der Waals surface area (Å²) in [4.78, 5) is 14.3. The second kappa shape index (κ2) is 10.1. The minimum atomic E-state index is 0. The highest BCUT2D eigenvalue weighted by molar-refractivity contribution is 5.94. The summed E-state index contributed by atoms with van der Waals surface area (Å²) in [7, 11) is 3.41. The van der Waals surface area contributed by atoms with E-state index in [-0.39, 0.29) is 18.3 Å². The molecule has 136 valence electrons. The van der Waals surface area contributed by atoms with Crippen LogP contribution in [0.25, 0.3) is 0 Å². The summed E-state index contributed by atoms with van der Waals surface area (Å²) in [5.74, 6) is 1.32. The van der Waals surface area contributed by atoms with E-state index in [4.69, 9.17) is 4.74 Å². The first kappa shape index (κ1) is 21.0. The van der Waals surface area contributed by atoms with Gasteiger partial charge in [-0.15, -0.1) is 12.4 Å². The Kier molecular flexibility index (Phi) is 8.46. The van der Waals surface area contributed by atoms with Gasteiger partial charge in [0.2, 0.25) is 5.91 Å². The molecule has 2 rings (SSSR count). The van der Waals surface area contributed by atoms with Crippen molar-refractivity contribution in [2.24, 2.45) is 0 Å². The molecule has 0 aliphatic heterocycles. The number of hydrogen-bond donors (Lipinski definition) is 1. The van der Waals surface area contributed by atoms with Crippen molar-refractivity contribution in [2.45, 2.75) is 26.3 Å². The van der Waals surface area contributed by atoms with Crippen LogP contribution in [0.5, 0.6) is 5.75 Å². The van der Waals surface area contributed by atoms with E-state index in [2.05, 4.69) is 43.4 Å². The monoisotopic (exact) mass is 362 g/mol. The summed E-state index contributed by atoms with van der Waals surface area (Å²) < 4.78 is 5.19. The number of nitrogens with one attached hydrogen (secondary N) is 1. The van der Waals surface area contributed by atoms with Crippen molar-refractivity contribution in [1.82, 2.24) is 5.32 Å². The lowest BCUT2D eigenvalue weighted by atomic mass is 10.0. The Morgan fingerprint density at radius 1 is 1.08 bits per heavy atom. The van der Waals surface area contributed by atoms with Crippen molar-refractivity contribution in [2.75, 3.05) is 25.6 Å². The normalized spacial score (nSPS) is 10.3. The van der Waals surface area contributed by atoms with Gasteiger partial charge in [0.05, 0.1) is 20.2 Å². The molecule has 0 bridgehead atoms. The summed E-state index contributed by atoms with van der Waals surface area (Å²) in [6, 6.07) is 16.0. The quantitative estimate of drug-likeness (QED) is 0.809. The molecule has 1 N–H and O–H groups in total. The van der Waals surface area contributed by atoms with E-state index < -0.39 is 0 Å². The number of methoxy groups -OCH3 is 1. The summed E-state index contributed by atoms with van der Waals surface area (Å²) >= 11 is 0.